The van der Waals surface area contributed by atoms with Crippen molar-refractivity contribution >= 4 is 17.8 Å². The van der Waals surface area contributed by atoms with E-state index in [2.05, 4.69) is 0 Å². The topological polar surface area (TPSA) is 80.6 Å². The molecule has 136 valence electrons. The first-order valence-corrected chi connectivity index (χ1v) is 8.12. The van der Waals surface area contributed by atoms with E-state index in [0.717, 1.165) is 20.3 Å². The monoisotopic (exact) mass is 350 g/mol. The van der Waals surface area contributed by atoms with E-state index >= 15 is 0 Å². The lowest BCUT2D eigenvalue weighted by molar-refractivity contribution is -0.901. The van der Waals surface area contributed by atoms with Crippen LogP contribution in [0, 0.1) is 0 Å². The zero-order chi connectivity index (χ0) is 18.6. The average molecular weight is 350 g/mol. The Balaban J connectivity index is 2.07. The fourth-order valence-electron chi connectivity index (χ4n) is 2.76. The third-order valence-corrected chi connectivity index (χ3v) is 4.00. The fraction of sp³-hybridized carbons (Fsp3) is 0.471. The Kier molecular flexibility index (Phi) is 5.97. The van der Waals surface area contributed by atoms with Gasteiger partial charge < -0.3 is 14.4 Å². The second-order valence-electron chi connectivity index (χ2n) is 5.94. The quantitative estimate of drug-likeness (QED) is 0.522. The van der Waals surface area contributed by atoms with Crippen molar-refractivity contribution in [2.45, 2.75) is 19.9 Å². The summed E-state index contributed by atoms with van der Waals surface area (Å²) < 4.78 is 10.5. The molecule has 4 amide bonds. The maximum absolute atomic E-state index is 12.3. The molecule has 25 heavy (non-hydrogen) atoms. The Hall–Kier alpha value is -2.61. The number of rotatable bonds is 8. The molecule has 1 aromatic rings. The molecule has 0 aliphatic carbocycles. The number of urea groups is 1. The molecule has 1 aliphatic rings. The van der Waals surface area contributed by atoms with Gasteiger partial charge in [0.25, 0.3) is 0 Å². The van der Waals surface area contributed by atoms with E-state index in [1.54, 1.807) is 20.3 Å². The van der Waals surface area contributed by atoms with E-state index in [4.69, 9.17) is 9.47 Å². The van der Waals surface area contributed by atoms with Crippen LogP contribution < -0.4 is 14.4 Å². The molecular formula is C17H24N3O5+. The van der Waals surface area contributed by atoms with Crippen molar-refractivity contribution < 1.29 is 28.8 Å². The predicted molar refractivity (Wildman–Crippen MR) is 89.2 cm³/mol. The normalized spacial score (nSPS) is 15.8. The van der Waals surface area contributed by atoms with Crippen molar-refractivity contribution in [2.24, 2.45) is 0 Å². The van der Waals surface area contributed by atoms with E-state index in [9.17, 15) is 14.4 Å². The summed E-state index contributed by atoms with van der Waals surface area (Å²) in [6, 6.07) is 4.94. The van der Waals surface area contributed by atoms with Gasteiger partial charge in [0.15, 0.2) is 6.67 Å². The van der Waals surface area contributed by atoms with Gasteiger partial charge in [0, 0.05) is 18.2 Å². The number of hydrogen-bond donors (Lipinski definition) is 1. The van der Waals surface area contributed by atoms with Crippen molar-refractivity contribution in [1.82, 2.24) is 9.80 Å². The summed E-state index contributed by atoms with van der Waals surface area (Å²) >= 11 is 0. The second kappa shape index (κ2) is 7.98. The molecule has 0 saturated carbocycles. The molecule has 1 N–H and O–H groups in total. The molecule has 1 atom stereocenters. The van der Waals surface area contributed by atoms with Crippen LogP contribution in [0.1, 0.15) is 18.9 Å². The van der Waals surface area contributed by atoms with Crippen LogP contribution in [0.2, 0.25) is 0 Å². The van der Waals surface area contributed by atoms with Gasteiger partial charge in [0.05, 0.1) is 21.3 Å². The lowest BCUT2D eigenvalue weighted by Gasteiger charge is -2.21. The van der Waals surface area contributed by atoms with Crippen LogP contribution in [0.3, 0.4) is 0 Å². The first-order valence-electron chi connectivity index (χ1n) is 8.12. The lowest BCUT2D eigenvalue weighted by Crippen LogP contribution is -3.09. The summed E-state index contributed by atoms with van der Waals surface area (Å²) in [7, 11) is 5.00. The molecule has 0 radical (unpaired) electrons. The number of quaternary nitrogens is 1. The molecule has 0 bridgehead atoms. The summed E-state index contributed by atoms with van der Waals surface area (Å²) in [6.07, 6.45) is 0.615. The van der Waals surface area contributed by atoms with Gasteiger partial charge in [0.1, 0.15) is 18.0 Å². The number of methoxy groups -OCH3 is 2. The van der Waals surface area contributed by atoms with Gasteiger partial charge in [-0.2, -0.15) is 0 Å². The highest BCUT2D eigenvalue weighted by molar-refractivity contribution is 6.44. The van der Waals surface area contributed by atoms with E-state index in [1.807, 2.05) is 26.1 Å². The molecule has 1 aromatic carbocycles. The number of amides is 4. The minimum absolute atomic E-state index is 0.110. The highest BCUT2D eigenvalue weighted by atomic mass is 16.5. The molecule has 8 nitrogen and oxygen atoms in total. The maximum Gasteiger partial charge on any atom is 0.338 e. The van der Waals surface area contributed by atoms with Crippen molar-refractivity contribution in [3.8, 4) is 11.5 Å². The third kappa shape index (κ3) is 3.90. The number of benzene rings is 1. The van der Waals surface area contributed by atoms with Gasteiger partial charge in [-0.25, -0.2) is 9.69 Å². The Morgan fingerprint density at radius 1 is 1.04 bits per heavy atom. The summed E-state index contributed by atoms with van der Waals surface area (Å²) in [5, 5.41) is 0. The Morgan fingerprint density at radius 2 is 1.72 bits per heavy atom. The number of nitrogens with one attached hydrogen (secondary N) is 1. The molecule has 1 saturated heterocycles. The van der Waals surface area contributed by atoms with Crippen molar-refractivity contribution in [3.05, 3.63) is 23.8 Å². The number of imide groups is 2. The summed E-state index contributed by atoms with van der Waals surface area (Å²) in [4.78, 5) is 39.1. The van der Waals surface area contributed by atoms with Crippen molar-refractivity contribution in [1.29, 1.82) is 0 Å². The zero-order valence-corrected chi connectivity index (χ0v) is 15.0. The average Bonchev–Trinajstić information content (AvgIpc) is 2.80. The number of carbonyl (C=O) groups excluding carboxylic acids is 3. The minimum atomic E-state index is -0.764. The van der Waals surface area contributed by atoms with Crippen molar-refractivity contribution in [2.75, 3.05) is 34.5 Å². The van der Waals surface area contributed by atoms with Crippen LogP contribution in [0.15, 0.2) is 18.2 Å². The molecule has 1 aliphatic heterocycles. The molecule has 1 fully saturated rings. The molecule has 0 aromatic heterocycles. The number of hydrogen-bond acceptors (Lipinski definition) is 5. The van der Waals surface area contributed by atoms with E-state index < -0.39 is 17.8 Å². The predicted octanol–water partition coefficient (Wildman–Crippen LogP) is -0.123. The summed E-state index contributed by atoms with van der Waals surface area (Å²) in [6.45, 7) is 2.73. The smallest absolute Gasteiger partial charge is 0.338 e. The molecular weight excluding hydrogens is 326 g/mol. The lowest BCUT2D eigenvalue weighted by atomic mass is 10.2. The van der Waals surface area contributed by atoms with Crippen LogP contribution >= 0.6 is 0 Å². The molecule has 1 heterocycles. The standard InChI is InChI=1S/C17H23N3O5/c1-5-8-19-15(21)16(22)20(17(19)23)11-18(2)10-12-6-7-13(24-3)9-14(12)25-4/h6-7,9H,5,8,10-11H2,1-4H3/p+1. The summed E-state index contributed by atoms with van der Waals surface area (Å²) in [5.41, 5.74) is 0.914. The number of nitrogens with zero attached hydrogens (tertiary/aromatic N) is 2. The van der Waals surface area contributed by atoms with Crippen LogP contribution in [-0.4, -0.2) is 62.1 Å². The number of ether oxygens (including phenoxy) is 2. The SMILES string of the molecule is CCCN1C(=O)C(=O)N(C[NH+](C)Cc2ccc(OC)cc2OC)C1=O. The van der Waals surface area contributed by atoms with Gasteiger partial charge >= 0.3 is 17.8 Å². The van der Waals surface area contributed by atoms with Crippen LogP contribution in [0.25, 0.3) is 0 Å². The third-order valence-electron chi connectivity index (χ3n) is 4.00. The Labute approximate surface area is 146 Å². The van der Waals surface area contributed by atoms with Gasteiger partial charge in [-0.3, -0.25) is 14.5 Å². The zero-order valence-electron chi connectivity index (χ0n) is 15.0. The maximum atomic E-state index is 12.3. The minimum Gasteiger partial charge on any atom is -0.497 e. The highest BCUT2D eigenvalue weighted by Gasteiger charge is 2.45. The number of carbonyl (C=O) groups is 3. The largest absolute Gasteiger partial charge is 0.497 e. The van der Waals surface area contributed by atoms with Gasteiger partial charge in [0.2, 0.25) is 0 Å². The van der Waals surface area contributed by atoms with Gasteiger partial charge in [-0.1, -0.05) is 6.92 Å². The first kappa shape index (κ1) is 18.7. The Morgan fingerprint density at radius 3 is 2.32 bits per heavy atom. The molecule has 2 rings (SSSR count). The summed E-state index contributed by atoms with van der Waals surface area (Å²) in [5.74, 6) is -0.161. The molecule has 1 unspecified atom stereocenters. The highest BCUT2D eigenvalue weighted by Crippen LogP contribution is 2.23. The van der Waals surface area contributed by atoms with E-state index in [1.165, 1.54) is 0 Å². The fourth-order valence-corrected chi connectivity index (χ4v) is 2.76. The van der Waals surface area contributed by atoms with E-state index in [0.29, 0.717) is 24.5 Å². The molecule has 8 heteroatoms. The van der Waals surface area contributed by atoms with Gasteiger partial charge in [-0.05, 0) is 18.6 Å². The van der Waals surface area contributed by atoms with Crippen LogP contribution in [0.5, 0.6) is 11.5 Å². The Bertz CT molecular complexity index is 676. The van der Waals surface area contributed by atoms with Crippen molar-refractivity contribution in [3.63, 3.8) is 0 Å². The van der Waals surface area contributed by atoms with Crippen LogP contribution in [0.4, 0.5) is 4.79 Å². The van der Waals surface area contributed by atoms with Crippen LogP contribution in [-0.2, 0) is 16.1 Å². The van der Waals surface area contributed by atoms with Gasteiger partial charge in [-0.15, -0.1) is 0 Å². The first-order chi connectivity index (χ1) is 11.9. The molecule has 0 spiro atoms. The van der Waals surface area contributed by atoms with E-state index in [-0.39, 0.29) is 13.2 Å². The second-order valence-corrected chi connectivity index (χ2v) is 5.94.